The minimum absolute atomic E-state index is 0.0531. The lowest BCUT2D eigenvalue weighted by Gasteiger charge is -2.25. The van der Waals surface area contributed by atoms with Crippen LogP contribution >= 0.6 is 7.82 Å². The lowest BCUT2D eigenvalue weighted by Crippen LogP contribution is -2.44. The number of quaternary nitrogens is 1. The van der Waals surface area contributed by atoms with Gasteiger partial charge < -0.3 is 19.8 Å². The van der Waals surface area contributed by atoms with Gasteiger partial charge in [-0.25, -0.2) is 4.57 Å². The van der Waals surface area contributed by atoms with Gasteiger partial charge in [-0.15, -0.1) is 0 Å². The molecule has 0 aliphatic rings. The molecule has 0 aliphatic heterocycles. The number of allylic oxidation sites excluding steroid dienone is 3. The summed E-state index contributed by atoms with van der Waals surface area (Å²) >= 11 is 0. The molecule has 0 aromatic rings. The Hall–Kier alpha value is -1.02. The molecule has 0 saturated carbocycles. The van der Waals surface area contributed by atoms with Gasteiger partial charge in [0.25, 0.3) is 0 Å². The van der Waals surface area contributed by atoms with Crippen LogP contribution in [-0.2, 0) is 18.4 Å². The molecule has 3 atom stereocenters. The van der Waals surface area contributed by atoms with Crippen LogP contribution in [0.2, 0.25) is 0 Å². The molecule has 3 unspecified atom stereocenters. The summed E-state index contributed by atoms with van der Waals surface area (Å²) in [7, 11) is 1.54. The number of likely N-dealkylation sites (N-methyl/N-ethyl adjacent to an activating group) is 1. The van der Waals surface area contributed by atoms with Crippen molar-refractivity contribution in [1.82, 2.24) is 5.32 Å². The topological polar surface area (TPSA) is 105 Å². The number of unbranched alkanes of at least 4 members (excludes halogenated alkanes) is 17. The van der Waals surface area contributed by atoms with Gasteiger partial charge in [0.15, 0.2) is 0 Å². The number of carbonyl (C=O) groups is 1. The number of aliphatic hydroxyl groups excluding tert-OH is 1. The Bertz CT molecular complexity index is 768. The number of amides is 1. The van der Waals surface area contributed by atoms with E-state index in [1.54, 1.807) is 6.08 Å². The van der Waals surface area contributed by atoms with Crippen LogP contribution in [0.1, 0.15) is 136 Å². The number of rotatable bonds is 30. The standard InChI is InChI=1S/C34H67N2O6P/c1-6-7-8-9-10-11-12-13-14-15-16-17-18-19-20-21-22-23-24-25-26-27-28-34(38)33(35-32(2)37)31-42-43(39,40)41-30-29-36(3,4)5/h23-24,27-28,33-34,38H,6-22,25-26,29-31H2,1-5H3,(H-,35,37,39,40)/p+1/b24-23+,28-27+. The second kappa shape index (κ2) is 27.3. The van der Waals surface area contributed by atoms with Crippen LogP contribution in [-0.4, -0.2) is 73.4 Å². The van der Waals surface area contributed by atoms with Gasteiger partial charge in [0.1, 0.15) is 13.2 Å². The molecule has 9 heteroatoms. The number of carbonyl (C=O) groups excluding carboxylic acids is 1. The van der Waals surface area contributed by atoms with Gasteiger partial charge in [0.05, 0.1) is 39.9 Å². The second-order valence-corrected chi connectivity index (χ2v) is 14.4. The van der Waals surface area contributed by atoms with E-state index in [4.69, 9.17) is 9.05 Å². The van der Waals surface area contributed by atoms with Crippen LogP contribution < -0.4 is 5.32 Å². The smallest absolute Gasteiger partial charge is 0.387 e. The summed E-state index contributed by atoms with van der Waals surface area (Å²) in [4.78, 5) is 21.5. The van der Waals surface area contributed by atoms with Crippen LogP contribution in [0.4, 0.5) is 0 Å². The van der Waals surface area contributed by atoms with Crippen LogP contribution in [0.25, 0.3) is 0 Å². The Morgan fingerprint density at radius 1 is 0.767 bits per heavy atom. The number of phosphoric ester groups is 1. The number of aliphatic hydroxyl groups is 1. The van der Waals surface area contributed by atoms with Gasteiger partial charge in [0, 0.05) is 6.92 Å². The molecule has 0 heterocycles. The highest BCUT2D eigenvalue weighted by molar-refractivity contribution is 7.47. The van der Waals surface area contributed by atoms with Gasteiger partial charge in [-0.05, 0) is 25.7 Å². The summed E-state index contributed by atoms with van der Waals surface area (Å²) in [6.45, 7) is 3.84. The lowest BCUT2D eigenvalue weighted by atomic mass is 10.0. The fraction of sp³-hybridized carbons (Fsp3) is 0.853. The number of nitrogens with one attached hydrogen (secondary N) is 1. The van der Waals surface area contributed by atoms with E-state index in [2.05, 4.69) is 24.4 Å². The first-order chi connectivity index (χ1) is 20.5. The zero-order chi connectivity index (χ0) is 32.2. The van der Waals surface area contributed by atoms with Gasteiger partial charge >= 0.3 is 7.82 Å². The first kappa shape index (κ1) is 42.0. The van der Waals surface area contributed by atoms with Crippen LogP contribution in [0.5, 0.6) is 0 Å². The van der Waals surface area contributed by atoms with Gasteiger partial charge in [-0.1, -0.05) is 128 Å². The van der Waals surface area contributed by atoms with Crippen molar-refractivity contribution in [2.45, 2.75) is 148 Å². The molecule has 0 aromatic heterocycles. The Morgan fingerprint density at radius 2 is 1.23 bits per heavy atom. The van der Waals surface area contributed by atoms with E-state index >= 15 is 0 Å². The van der Waals surface area contributed by atoms with Crippen LogP contribution in [0, 0.1) is 0 Å². The summed E-state index contributed by atoms with van der Waals surface area (Å²) in [5.74, 6) is -0.364. The van der Waals surface area contributed by atoms with Crippen molar-refractivity contribution in [3.05, 3.63) is 24.3 Å². The molecule has 0 fully saturated rings. The third-order valence-electron chi connectivity index (χ3n) is 7.46. The van der Waals surface area contributed by atoms with Crippen molar-refractivity contribution in [3.63, 3.8) is 0 Å². The molecule has 0 aromatic carbocycles. The molecule has 0 aliphatic carbocycles. The summed E-state index contributed by atoms with van der Waals surface area (Å²) < 4.78 is 22.8. The maximum absolute atomic E-state index is 12.2. The van der Waals surface area contributed by atoms with E-state index in [-0.39, 0.29) is 19.1 Å². The Labute approximate surface area is 264 Å². The molecule has 0 saturated heterocycles. The average molecular weight is 632 g/mol. The van der Waals surface area contributed by atoms with Gasteiger partial charge in [-0.3, -0.25) is 13.8 Å². The van der Waals surface area contributed by atoms with E-state index < -0.39 is 20.0 Å². The van der Waals surface area contributed by atoms with E-state index in [1.165, 1.54) is 110 Å². The number of hydrogen-bond donors (Lipinski definition) is 3. The third-order valence-corrected chi connectivity index (χ3v) is 8.44. The highest BCUT2D eigenvalue weighted by Crippen LogP contribution is 2.43. The van der Waals surface area contributed by atoms with E-state index in [9.17, 15) is 19.4 Å². The lowest BCUT2D eigenvalue weighted by molar-refractivity contribution is -0.870. The average Bonchev–Trinajstić information content (AvgIpc) is 2.92. The number of nitrogens with zero attached hydrogens (tertiary/aromatic N) is 1. The first-order valence-corrected chi connectivity index (χ1v) is 18.7. The maximum atomic E-state index is 12.2. The fourth-order valence-electron chi connectivity index (χ4n) is 4.74. The van der Waals surface area contributed by atoms with Crippen molar-refractivity contribution in [2.24, 2.45) is 0 Å². The predicted octanol–water partition coefficient (Wildman–Crippen LogP) is 8.24. The fourth-order valence-corrected chi connectivity index (χ4v) is 5.47. The predicted molar refractivity (Wildman–Crippen MR) is 180 cm³/mol. The molecular weight excluding hydrogens is 563 g/mol. The molecule has 254 valence electrons. The van der Waals surface area contributed by atoms with Crippen molar-refractivity contribution < 1.29 is 32.9 Å². The largest absolute Gasteiger partial charge is 0.472 e. The SMILES string of the molecule is CCCCCCCCCCCCCCCCCC/C=C/CC/C=C/C(O)C(COP(=O)(O)OCC[N+](C)(C)C)NC(C)=O. The third kappa shape index (κ3) is 30.8. The Kier molecular flexibility index (Phi) is 26.7. The zero-order valence-corrected chi connectivity index (χ0v) is 29.3. The Balaban J connectivity index is 3.88. The van der Waals surface area contributed by atoms with Crippen LogP contribution in [0.15, 0.2) is 24.3 Å². The van der Waals surface area contributed by atoms with Crippen molar-refractivity contribution in [3.8, 4) is 0 Å². The second-order valence-electron chi connectivity index (χ2n) is 13.0. The maximum Gasteiger partial charge on any atom is 0.472 e. The Morgan fingerprint density at radius 3 is 1.72 bits per heavy atom. The highest BCUT2D eigenvalue weighted by Gasteiger charge is 2.27. The monoisotopic (exact) mass is 631 g/mol. The number of phosphoric acid groups is 1. The quantitative estimate of drug-likeness (QED) is 0.0319. The van der Waals surface area contributed by atoms with Gasteiger partial charge in [-0.2, -0.15) is 0 Å². The molecule has 3 N–H and O–H groups in total. The minimum atomic E-state index is -4.29. The van der Waals surface area contributed by atoms with E-state index in [1.807, 2.05) is 27.2 Å². The zero-order valence-electron chi connectivity index (χ0n) is 28.4. The molecule has 0 rings (SSSR count). The molecule has 1 amide bonds. The summed E-state index contributed by atoms with van der Waals surface area (Å²) in [6, 6.07) is -0.860. The summed E-state index contributed by atoms with van der Waals surface area (Å²) in [5, 5.41) is 13.1. The van der Waals surface area contributed by atoms with Crippen molar-refractivity contribution >= 4 is 13.7 Å². The normalized spacial score (nSPS) is 15.2. The van der Waals surface area contributed by atoms with Crippen LogP contribution in [0.3, 0.4) is 0 Å². The molecule has 8 nitrogen and oxygen atoms in total. The molecule has 43 heavy (non-hydrogen) atoms. The first-order valence-electron chi connectivity index (χ1n) is 17.2. The van der Waals surface area contributed by atoms with Crippen molar-refractivity contribution in [1.29, 1.82) is 0 Å². The molecule has 0 spiro atoms. The van der Waals surface area contributed by atoms with Crippen molar-refractivity contribution in [2.75, 3.05) is 40.9 Å². The summed E-state index contributed by atoms with van der Waals surface area (Å²) in [6.07, 6.45) is 31.7. The van der Waals surface area contributed by atoms with E-state index in [0.29, 0.717) is 11.0 Å². The summed E-state index contributed by atoms with van der Waals surface area (Å²) in [5.41, 5.74) is 0. The number of hydrogen-bond acceptors (Lipinski definition) is 5. The molecular formula is C34H68N2O6P+. The molecule has 0 radical (unpaired) electrons. The van der Waals surface area contributed by atoms with E-state index in [0.717, 1.165) is 19.3 Å². The van der Waals surface area contributed by atoms with Gasteiger partial charge in [0.2, 0.25) is 5.91 Å². The highest BCUT2D eigenvalue weighted by atomic mass is 31.2. The molecule has 0 bridgehead atoms. The minimum Gasteiger partial charge on any atom is -0.387 e.